The molecule has 0 radical (unpaired) electrons. The van der Waals surface area contributed by atoms with Crippen molar-refractivity contribution >= 4 is 11.4 Å². The lowest BCUT2D eigenvalue weighted by molar-refractivity contribution is 1.20. The summed E-state index contributed by atoms with van der Waals surface area (Å²) in [6.45, 7) is 8.37. The lowest BCUT2D eigenvalue weighted by atomic mass is 10.1. The van der Waals surface area contributed by atoms with Gasteiger partial charge in [0.05, 0.1) is 11.4 Å². The average Bonchev–Trinajstić information content (AvgIpc) is 2.35. The van der Waals surface area contributed by atoms with Crippen molar-refractivity contribution in [3.05, 3.63) is 58.7 Å². The number of nitrogens with zero attached hydrogens (tertiary/aromatic N) is 2. The van der Waals surface area contributed by atoms with Gasteiger partial charge in [-0.3, -0.25) is 0 Å². The van der Waals surface area contributed by atoms with Gasteiger partial charge in [-0.05, 0) is 74.2 Å². The minimum atomic E-state index is 0.899. The van der Waals surface area contributed by atoms with E-state index in [1.54, 1.807) is 0 Å². The summed E-state index contributed by atoms with van der Waals surface area (Å²) in [5, 5.41) is 8.55. The minimum Gasteiger partial charge on any atom is -0.151 e. The maximum atomic E-state index is 4.27. The van der Waals surface area contributed by atoms with Gasteiger partial charge in [0.15, 0.2) is 0 Å². The number of rotatable bonds is 2. The van der Waals surface area contributed by atoms with Gasteiger partial charge in [-0.25, -0.2) is 0 Å². The Hall–Kier alpha value is -1.96. The van der Waals surface area contributed by atoms with Gasteiger partial charge in [0.1, 0.15) is 0 Å². The zero-order chi connectivity index (χ0) is 13.1. The first-order valence-electron chi connectivity index (χ1n) is 6.12. The molecule has 2 nitrogen and oxygen atoms in total. The third-order valence-electron chi connectivity index (χ3n) is 3.26. The number of hydrogen-bond donors (Lipinski definition) is 0. The fourth-order valence-corrected chi connectivity index (χ4v) is 1.69. The van der Waals surface area contributed by atoms with E-state index in [0.717, 1.165) is 11.4 Å². The largest absolute Gasteiger partial charge is 0.151 e. The first-order valence-corrected chi connectivity index (χ1v) is 6.12. The highest BCUT2D eigenvalue weighted by Gasteiger charge is 1.96. The van der Waals surface area contributed by atoms with Crippen molar-refractivity contribution in [2.24, 2.45) is 10.2 Å². The molecule has 2 heteroatoms. The van der Waals surface area contributed by atoms with E-state index in [-0.39, 0.29) is 0 Å². The zero-order valence-electron chi connectivity index (χ0n) is 11.4. The molecule has 92 valence electrons. The molecule has 2 aromatic rings. The molecule has 0 atom stereocenters. The highest BCUT2D eigenvalue weighted by molar-refractivity contribution is 5.46. The van der Waals surface area contributed by atoms with Gasteiger partial charge in [0.25, 0.3) is 0 Å². The first-order chi connectivity index (χ1) is 8.56. The normalized spacial score (nSPS) is 11.1. The summed E-state index contributed by atoms with van der Waals surface area (Å²) in [5.41, 5.74) is 6.84. The molecule has 0 aliphatic carbocycles. The molecule has 2 aromatic carbocycles. The summed E-state index contributed by atoms with van der Waals surface area (Å²) >= 11 is 0. The van der Waals surface area contributed by atoms with Crippen LogP contribution in [0.2, 0.25) is 0 Å². The van der Waals surface area contributed by atoms with E-state index in [1.165, 1.54) is 22.3 Å². The van der Waals surface area contributed by atoms with Crippen LogP contribution in [0.1, 0.15) is 22.3 Å². The van der Waals surface area contributed by atoms with Crippen molar-refractivity contribution in [2.45, 2.75) is 27.7 Å². The van der Waals surface area contributed by atoms with Crippen molar-refractivity contribution in [3.63, 3.8) is 0 Å². The Morgan fingerprint density at radius 1 is 0.556 bits per heavy atom. The van der Waals surface area contributed by atoms with E-state index in [2.05, 4.69) is 62.2 Å². The van der Waals surface area contributed by atoms with Crippen molar-refractivity contribution in [1.29, 1.82) is 0 Å². The van der Waals surface area contributed by atoms with E-state index in [4.69, 9.17) is 0 Å². The quantitative estimate of drug-likeness (QED) is 0.631. The highest BCUT2D eigenvalue weighted by Crippen LogP contribution is 2.22. The van der Waals surface area contributed by atoms with Gasteiger partial charge in [0.2, 0.25) is 0 Å². The molecule has 0 N–H and O–H groups in total. The molecule has 0 fully saturated rings. The molecule has 0 heterocycles. The number of aryl methyl sites for hydroxylation is 4. The Labute approximate surface area is 108 Å². The van der Waals surface area contributed by atoms with Crippen LogP contribution in [0.4, 0.5) is 11.4 Å². The summed E-state index contributed by atoms with van der Waals surface area (Å²) in [5.74, 6) is 0. The van der Waals surface area contributed by atoms with Crippen LogP contribution >= 0.6 is 0 Å². The minimum absolute atomic E-state index is 0.899. The van der Waals surface area contributed by atoms with Crippen molar-refractivity contribution in [1.82, 2.24) is 0 Å². The van der Waals surface area contributed by atoms with Crippen LogP contribution in [-0.4, -0.2) is 0 Å². The smallest absolute Gasteiger partial charge is 0.0859 e. The average molecular weight is 238 g/mol. The summed E-state index contributed by atoms with van der Waals surface area (Å²) in [6, 6.07) is 12.2. The van der Waals surface area contributed by atoms with Crippen LogP contribution in [-0.2, 0) is 0 Å². The molecule has 0 bridgehead atoms. The molecule has 0 saturated heterocycles. The molecule has 18 heavy (non-hydrogen) atoms. The summed E-state index contributed by atoms with van der Waals surface area (Å²) in [6.07, 6.45) is 0. The van der Waals surface area contributed by atoms with E-state index in [0.29, 0.717) is 0 Å². The molecule has 0 aromatic heterocycles. The van der Waals surface area contributed by atoms with Crippen molar-refractivity contribution < 1.29 is 0 Å². The van der Waals surface area contributed by atoms with Gasteiger partial charge in [-0.15, -0.1) is 0 Å². The number of benzene rings is 2. The lowest BCUT2D eigenvalue weighted by Crippen LogP contribution is -1.79. The zero-order valence-corrected chi connectivity index (χ0v) is 11.4. The predicted octanol–water partition coefficient (Wildman–Crippen LogP) is 5.34. The Bertz CT molecular complexity index is 545. The SMILES string of the molecule is Cc1ccc(/N=N/c2ccc(C)c(C)c2)cc1C. The Morgan fingerprint density at radius 3 is 1.28 bits per heavy atom. The monoisotopic (exact) mass is 238 g/mol. The third kappa shape index (κ3) is 2.83. The second-order valence-corrected chi connectivity index (χ2v) is 4.74. The Kier molecular flexibility index (Phi) is 3.56. The van der Waals surface area contributed by atoms with Gasteiger partial charge in [-0.2, -0.15) is 10.2 Å². The van der Waals surface area contributed by atoms with E-state index < -0.39 is 0 Å². The number of hydrogen-bond acceptors (Lipinski definition) is 2. The van der Waals surface area contributed by atoms with E-state index in [9.17, 15) is 0 Å². The molecule has 0 amide bonds. The molecular weight excluding hydrogens is 220 g/mol. The molecular formula is C16H18N2. The second kappa shape index (κ2) is 5.13. The van der Waals surface area contributed by atoms with Crippen LogP contribution < -0.4 is 0 Å². The lowest BCUT2D eigenvalue weighted by Gasteiger charge is -2.01. The molecule has 0 aliphatic rings. The van der Waals surface area contributed by atoms with Crippen LogP contribution in [0.25, 0.3) is 0 Å². The summed E-state index contributed by atoms with van der Waals surface area (Å²) < 4.78 is 0. The summed E-state index contributed by atoms with van der Waals surface area (Å²) in [7, 11) is 0. The molecule has 0 aliphatic heterocycles. The van der Waals surface area contributed by atoms with Gasteiger partial charge < -0.3 is 0 Å². The van der Waals surface area contributed by atoms with Crippen LogP contribution in [0, 0.1) is 27.7 Å². The Balaban J connectivity index is 2.24. The standard InChI is InChI=1S/C16H18N2/c1-11-5-7-15(9-13(11)3)17-18-16-8-6-12(2)14(4)10-16/h5-10H,1-4H3/b18-17+. The fraction of sp³-hybridized carbons (Fsp3) is 0.250. The molecule has 0 spiro atoms. The van der Waals surface area contributed by atoms with Gasteiger partial charge in [-0.1, -0.05) is 12.1 Å². The van der Waals surface area contributed by atoms with Crippen molar-refractivity contribution in [2.75, 3.05) is 0 Å². The topological polar surface area (TPSA) is 24.7 Å². The van der Waals surface area contributed by atoms with Crippen LogP contribution in [0.15, 0.2) is 46.6 Å². The third-order valence-corrected chi connectivity index (χ3v) is 3.26. The molecule has 0 saturated carbocycles. The maximum absolute atomic E-state index is 4.27. The molecule has 2 rings (SSSR count). The highest BCUT2D eigenvalue weighted by atomic mass is 15.1. The van der Waals surface area contributed by atoms with Gasteiger partial charge in [0, 0.05) is 0 Å². The van der Waals surface area contributed by atoms with Gasteiger partial charge >= 0.3 is 0 Å². The van der Waals surface area contributed by atoms with E-state index in [1.807, 2.05) is 12.1 Å². The predicted molar refractivity (Wildman–Crippen MR) is 76.0 cm³/mol. The number of azo groups is 1. The molecule has 0 unspecified atom stereocenters. The van der Waals surface area contributed by atoms with Crippen LogP contribution in [0.3, 0.4) is 0 Å². The van der Waals surface area contributed by atoms with E-state index >= 15 is 0 Å². The Morgan fingerprint density at radius 2 is 0.944 bits per heavy atom. The maximum Gasteiger partial charge on any atom is 0.0859 e. The second-order valence-electron chi connectivity index (χ2n) is 4.74. The first kappa shape index (κ1) is 12.5. The fourth-order valence-electron chi connectivity index (χ4n) is 1.69. The summed E-state index contributed by atoms with van der Waals surface area (Å²) in [4.78, 5) is 0. The van der Waals surface area contributed by atoms with Crippen LogP contribution in [0.5, 0.6) is 0 Å². The van der Waals surface area contributed by atoms with Crippen molar-refractivity contribution in [3.8, 4) is 0 Å².